The lowest BCUT2D eigenvalue weighted by atomic mass is 9.65. The Morgan fingerprint density at radius 1 is 0.950 bits per heavy atom. The Balaban J connectivity index is 1.30. The molecule has 3 atom stereocenters. The van der Waals surface area contributed by atoms with E-state index in [4.69, 9.17) is 9.47 Å². The van der Waals surface area contributed by atoms with Gasteiger partial charge < -0.3 is 25.0 Å². The van der Waals surface area contributed by atoms with E-state index in [-0.39, 0.29) is 23.2 Å². The Labute approximate surface area is 236 Å². The van der Waals surface area contributed by atoms with Gasteiger partial charge in [-0.05, 0) is 107 Å². The highest BCUT2D eigenvalue weighted by atomic mass is 19.2. The van der Waals surface area contributed by atoms with E-state index < -0.39 is 17.7 Å². The predicted octanol–water partition coefficient (Wildman–Crippen LogP) is 5.54. The summed E-state index contributed by atoms with van der Waals surface area (Å²) in [4.78, 5) is 18.0. The van der Waals surface area contributed by atoms with Gasteiger partial charge in [0, 0.05) is 29.3 Å². The molecular weight excluding hydrogens is 514 g/mol. The van der Waals surface area contributed by atoms with Crippen LogP contribution < -0.4 is 20.1 Å². The Morgan fingerprint density at radius 3 is 2.50 bits per heavy atom. The molecule has 40 heavy (non-hydrogen) atoms. The van der Waals surface area contributed by atoms with Crippen LogP contribution in [-0.2, 0) is 5.41 Å². The van der Waals surface area contributed by atoms with Gasteiger partial charge in [-0.3, -0.25) is 4.90 Å². The molecule has 2 amide bonds. The second kappa shape index (κ2) is 12.7. The minimum atomic E-state index is -0.985. The fourth-order valence-electron chi connectivity index (χ4n) is 7.13. The third-order valence-electron chi connectivity index (χ3n) is 9.21. The van der Waals surface area contributed by atoms with Crippen LogP contribution in [0, 0.1) is 11.6 Å². The normalized spacial score (nSPS) is 25.3. The van der Waals surface area contributed by atoms with Crippen molar-refractivity contribution in [3.63, 3.8) is 0 Å². The van der Waals surface area contributed by atoms with Crippen molar-refractivity contribution in [2.75, 3.05) is 52.3 Å². The molecule has 2 saturated heterocycles. The van der Waals surface area contributed by atoms with Crippen molar-refractivity contribution in [2.45, 2.75) is 68.9 Å². The van der Waals surface area contributed by atoms with Crippen LogP contribution in [0.4, 0.5) is 19.3 Å². The van der Waals surface area contributed by atoms with Crippen molar-refractivity contribution in [1.29, 1.82) is 0 Å². The van der Waals surface area contributed by atoms with Crippen LogP contribution in [0.5, 0.6) is 11.5 Å². The Kier molecular flexibility index (Phi) is 9.10. The van der Waals surface area contributed by atoms with E-state index in [1.54, 1.807) is 14.2 Å². The molecule has 0 spiro atoms. The van der Waals surface area contributed by atoms with Crippen LogP contribution in [0.25, 0.3) is 0 Å². The lowest BCUT2D eigenvalue weighted by Crippen LogP contribution is -2.53. The summed E-state index contributed by atoms with van der Waals surface area (Å²) in [6.07, 6.45) is 8.73. The van der Waals surface area contributed by atoms with Gasteiger partial charge in [-0.2, -0.15) is 0 Å². The van der Waals surface area contributed by atoms with Crippen LogP contribution >= 0.6 is 0 Å². The maximum Gasteiger partial charge on any atom is 0.319 e. The fraction of sp³-hybridized carbons (Fsp3) is 0.581. The molecule has 2 N–H and O–H groups in total. The van der Waals surface area contributed by atoms with Crippen molar-refractivity contribution in [3.8, 4) is 11.5 Å². The van der Waals surface area contributed by atoms with E-state index in [2.05, 4.69) is 32.6 Å². The summed E-state index contributed by atoms with van der Waals surface area (Å²) in [5.74, 6) is -0.463. The monoisotopic (exact) mass is 556 g/mol. The minimum Gasteiger partial charge on any atom is -0.493 e. The number of carbonyl (C=O) groups excluding carboxylic acids is 1. The van der Waals surface area contributed by atoms with Crippen molar-refractivity contribution >= 4 is 11.7 Å². The van der Waals surface area contributed by atoms with Gasteiger partial charge in [0.05, 0.1) is 14.2 Å². The topological polar surface area (TPSA) is 66.1 Å². The zero-order valence-electron chi connectivity index (χ0n) is 23.7. The smallest absolute Gasteiger partial charge is 0.319 e. The second-order valence-corrected chi connectivity index (χ2v) is 11.5. The fourth-order valence-corrected chi connectivity index (χ4v) is 7.13. The van der Waals surface area contributed by atoms with Gasteiger partial charge in [0.2, 0.25) is 0 Å². The molecule has 0 aromatic heterocycles. The SMILES string of the molecule is COc1ccc(C23CCC(NC(=O)Nc4ccc(F)c(F)c4)CC2N(CCCN2CCCCC2)CC3)cc1OC. The lowest BCUT2D eigenvalue weighted by molar-refractivity contribution is 0.128. The number of halogens is 2. The highest BCUT2D eigenvalue weighted by Gasteiger charge is 2.51. The van der Waals surface area contributed by atoms with E-state index >= 15 is 0 Å². The lowest BCUT2D eigenvalue weighted by Gasteiger charge is -2.45. The van der Waals surface area contributed by atoms with Gasteiger partial charge in [-0.25, -0.2) is 13.6 Å². The first-order chi connectivity index (χ1) is 19.4. The first-order valence-electron chi connectivity index (χ1n) is 14.6. The number of rotatable bonds is 9. The Morgan fingerprint density at radius 2 is 1.75 bits per heavy atom. The molecule has 9 heteroatoms. The zero-order chi connectivity index (χ0) is 28.1. The summed E-state index contributed by atoms with van der Waals surface area (Å²) in [5.41, 5.74) is 1.46. The number of hydrogen-bond acceptors (Lipinski definition) is 5. The molecule has 2 aromatic carbocycles. The van der Waals surface area contributed by atoms with Gasteiger partial charge in [0.25, 0.3) is 0 Å². The molecule has 3 fully saturated rings. The number of benzene rings is 2. The number of methoxy groups -OCH3 is 2. The van der Waals surface area contributed by atoms with Crippen LogP contribution in [-0.4, -0.2) is 74.9 Å². The van der Waals surface area contributed by atoms with Gasteiger partial charge in [-0.1, -0.05) is 12.5 Å². The number of hydrogen-bond donors (Lipinski definition) is 2. The average molecular weight is 557 g/mol. The Hall–Kier alpha value is -2.91. The van der Waals surface area contributed by atoms with Crippen LogP contribution in [0.1, 0.15) is 56.9 Å². The number of likely N-dealkylation sites (tertiary alicyclic amines) is 2. The van der Waals surface area contributed by atoms with Crippen molar-refractivity contribution in [1.82, 2.24) is 15.1 Å². The molecule has 2 aromatic rings. The number of carbonyl (C=O) groups is 1. The minimum absolute atomic E-state index is 0.0220. The summed E-state index contributed by atoms with van der Waals surface area (Å²) in [5, 5.41) is 5.77. The summed E-state index contributed by atoms with van der Waals surface area (Å²) in [7, 11) is 3.32. The zero-order valence-corrected chi connectivity index (χ0v) is 23.7. The van der Waals surface area contributed by atoms with Gasteiger partial charge in [0.15, 0.2) is 23.1 Å². The molecule has 3 unspecified atom stereocenters. The molecule has 2 heterocycles. The third-order valence-corrected chi connectivity index (χ3v) is 9.21. The molecule has 1 aliphatic carbocycles. The summed E-state index contributed by atoms with van der Waals surface area (Å²) < 4.78 is 38.1. The van der Waals surface area contributed by atoms with Crippen LogP contribution in [0.15, 0.2) is 36.4 Å². The average Bonchev–Trinajstić information content (AvgIpc) is 3.34. The molecule has 1 saturated carbocycles. The largest absolute Gasteiger partial charge is 0.493 e. The van der Waals surface area contributed by atoms with Crippen LogP contribution in [0.2, 0.25) is 0 Å². The van der Waals surface area contributed by atoms with E-state index in [1.165, 1.54) is 44.0 Å². The molecule has 0 bridgehead atoms. The standard InChI is InChI=1S/C31H42F2N4O3/c1-39-27-10-7-22(19-28(27)40-2)31-12-11-24(35-30(38)34-23-8-9-25(32)26(33)20-23)21-29(31)37(18-13-31)17-6-16-36-14-4-3-5-15-36/h7-10,19-20,24,29H,3-6,11-18,21H2,1-2H3,(H2,34,35,38). The van der Waals surface area contributed by atoms with Gasteiger partial charge in [-0.15, -0.1) is 0 Å². The number of anilines is 1. The Bertz CT molecular complexity index is 1180. The first-order valence-corrected chi connectivity index (χ1v) is 14.6. The molecule has 0 radical (unpaired) electrons. The molecular formula is C31H42F2N4O3. The number of piperidine rings is 1. The molecule has 2 aliphatic heterocycles. The number of fused-ring (bicyclic) bond motifs is 1. The number of ether oxygens (including phenoxy) is 2. The van der Waals surface area contributed by atoms with Gasteiger partial charge >= 0.3 is 6.03 Å². The number of nitrogens with one attached hydrogen (secondary N) is 2. The predicted molar refractivity (Wildman–Crippen MR) is 152 cm³/mol. The van der Waals surface area contributed by atoms with E-state index in [1.807, 2.05) is 6.07 Å². The number of amides is 2. The number of nitrogens with zero attached hydrogens (tertiary/aromatic N) is 2. The summed E-state index contributed by atoms with van der Waals surface area (Å²) in [6, 6.07) is 9.54. The van der Waals surface area contributed by atoms with Crippen molar-refractivity contribution in [3.05, 3.63) is 53.6 Å². The highest BCUT2D eigenvalue weighted by molar-refractivity contribution is 5.89. The van der Waals surface area contributed by atoms with Crippen molar-refractivity contribution < 1.29 is 23.0 Å². The van der Waals surface area contributed by atoms with Crippen molar-refractivity contribution in [2.24, 2.45) is 0 Å². The maximum absolute atomic E-state index is 13.6. The highest BCUT2D eigenvalue weighted by Crippen LogP contribution is 2.50. The van der Waals surface area contributed by atoms with E-state index in [0.717, 1.165) is 75.4 Å². The molecule has 7 nitrogen and oxygen atoms in total. The third kappa shape index (κ3) is 6.20. The number of urea groups is 1. The summed E-state index contributed by atoms with van der Waals surface area (Å²) >= 11 is 0. The van der Waals surface area contributed by atoms with E-state index in [9.17, 15) is 13.6 Å². The van der Waals surface area contributed by atoms with E-state index in [0.29, 0.717) is 0 Å². The maximum atomic E-state index is 13.6. The van der Waals surface area contributed by atoms with Crippen LogP contribution in [0.3, 0.4) is 0 Å². The quantitative estimate of drug-likeness (QED) is 0.424. The first kappa shape index (κ1) is 28.6. The second-order valence-electron chi connectivity index (χ2n) is 11.5. The summed E-state index contributed by atoms with van der Waals surface area (Å²) in [6.45, 7) is 5.60. The molecule has 5 rings (SSSR count). The molecule has 3 aliphatic rings. The van der Waals surface area contributed by atoms with Gasteiger partial charge in [0.1, 0.15) is 0 Å². The molecule has 218 valence electrons.